The van der Waals surface area contributed by atoms with Crippen LogP contribution in [-0.4, -0.2) is 20.1 Å². The van der Waals surface area contributed by atoms with Crippen LogP contribution < -0.4 is 20.0 Å². The summed E-state index contributed by atoms with van der Waals surface area (Å²) in [6.07, 6.45) is 0.258. The number of hydrogen-bond acceptors (Lipinski definition) is 6. The predicted octanol–water partition coefficient (Wildman–Crippen LogP) is 3.88. The number of carbonyl (C=O) groups is 1. The van der Waals surface area contributed by atoms with Crippen molar-refractivity contribution in [2.75, 3.05) is 19.1 Å². The van der Waals surface area contributed by atoms with Crippen LogP contribution in [0.3, 0.4) is 0 Å². The van der Waals surface area contributed by atoms with E-state index in [1.54, 1.807) is 25.1 Å². The van der Waals surface area contributed by atoms with Crippen LogP contribution in [0.15, 0.2) is 57.7 Å². The Bertz CT molecular complexity index is 1010. The van der Waals surface area contributed by atoms with Crippen LogP contribution in [-0.2, 0) is 4.79 Å². The molecule has 1 aromatic heterocycles. The van der Waals surface area contributed by atoms with Crippen LogP contribution in [0.1, 0.15) is 13.3 Å². The molecule has 3 rings (SSSR count). The van der Waals surface area contributed by atoms with Crippen LogP contribution in [0, 0.1) is 0 Å². The molecule has 0 radical (unpaired) electrons. The zero-order chi connectivity index (χ0) is 18.7. The summed E-state index contributed by atoms with van der Waals surface area (Å²) in [5.41, 5.74) is 1.50. The molecule has 0 bridgehead atoms. The zero-order valence-corrected chi connectivity index (χ0v) is 14.8. The van der Waals surface area contributed by atoms with Gasteiger partial charge < -0.3 is 18.8 Å². The molecule has 0 atom stereocenters. The molecule has 0 amide bonds. The molecule has 0 saturated carbocycles. The van der Waals surface area contributed by atoms with E-state index in [4.69, 9.17) is 13.9 Å². The van der Waals surface area contributed by atoms with E-state index in [1.807, 2.05) is 36.2 Å². The van der Waals surface area contributed by atoms with Gasteiger partial charge >= 0.3 is 11.6 Å². The maximum Gasteiger partial charge on any atom is 0.338 e. The molecule has 0 unspecified atom stereocenters. The molecule has 6 nitrogen and oxygen atoms in total. The number of anilines is 2. The number of benzene rings is 2. The summed E-state index contributed by atoms with van der Waals surface area (Å²) in [6, 6.07) is 14.0. The number of carbonyl (C=O) groups excluding carboxylic acids is 1. The largest absolute Gasteiger partial charge is 0.493 e. The number of methoxy groups -OCH3 is 1. The van der Waals surface area contributed by atoms with Crippen molar-refractivity contribution in [3.8, 4) is 11.5 Å². The van der Waals surface area contributed by atoms with Crippen molar-refractivity contribution in [2.24, 2.45) is 0 Å². The zero-order valence-electron chi connectivity index (χ0n) is 14.8. The van der Waals surface area contributed by atoms with Crippen LogP contribution in [0.5, 0.6) is 11.5 Å². The van der Waals surface area contributed by atoms with Crippen molar-refractivity contribution in [1.29, 1.82) is 0 Å². The Labute approximate surface area is 150 Å². The molecule has 26 heavy (non-hydrogen) atoms. The highest BCUT2D eigenvalue weighted by molar-refractivity contribution is 5.92. The molecule has 2 aromatic carbocycles. The first kappa shape index (κ1) is 17.5. The number of esters is 1. The Balaban J connectivity index is 2.08. The number of fused-ring (bicyclic) bond motifs is 1. The molecule has 0 spiro atoms. The van der Waals surface area contributed by atoms with Gasteiger partial charge in [0.05, 0.1) is 12.8 Å². The molecule has 0 aliphatic carbocycles. The quantitative estimate of drug-likeness (QED) is 0.394. The SMILES string of the molecule is CCC(=O)Oc1cc(N(C)c2cc(=O)oc3ccccc23)ccc1OC. The Kier molecular flexibility index (Phi) is 4.93. The van der Waals surface area contributed by atoms with Gasteiger partial charge in [0.1, 0.15) is 5.58 Å². The average Bonchev–Trinajstić information content (AvgIpc) is 2.66. The summed E-state index contributed by atoms with van der Waals surface area (Å²) >= 11 is 0. The third-order valence-corrected chi connectivity index (χ3v) is 4.04. The lowest BCUT2D eigenvalue weighted by Gasteiger charge is -2.22. The number of nitrogens with zero attached hydrogens (tertiary/aromatic N) is 1. The second-order valence-corrected chi connectivity index (χ2v) is 5.67. The summed E-state index contributed by atoms with van der Waals surface area (Å²) in [5.74, 6) is 0.436. The Morgan fingerprint density at radius 3 is 2.62 bits per heavy atom. The number of para-hydroxylation sites is 1. The molecule has 6 heteroatoms. The van der Waals surface area contributed by atoms with E-state index in [9.17, 15) is 9.59 Å². The highest BCUT2D eigenvalue weighted by Gasteiger charge is 2.15. The van der Waals surface area contributed by atoms with Crippen molar-refractivity contribution < 1.29 is 18.7 Å². The summed E-state index contributed by atoms with van der Waals surface area (Å²) in [7, 11) is 3.34. The monoisotopic (exact) mass is 353 g/mol. The maximum atomic E-state index is 11.9. The molecule has 3 aromatic rings. The highest BCUT2D eigenvalue weighted by Crippen LogP contribution is 2.36. The molecule has 134 valence electrons. The third-order valence-electron chi connectivity index (χ3n) is 4.04. The average molecular weight is 353 g/mol. The lowest BCUT2D eigenvalue weighted by molar-refractivity contribution is -0.134. The molecule has 0 saturated heterocycles. The summed E-state index contributed by atoms with van der Waals surface area (Å²) in [6.45, 7) is 1.72. The Morgan fingerprint density at radius 2 is 1.88 bits per heavy atom. The van der Waals surface area contributed by atoms with Crippen LogP contribution in [0.25, 0.3) is 11.0 Å². The van der Waals surface area contributed by atoms with Crippen LogP contribution in [0.2, 0.25) is 0 Å². The summed E-state index contributed by atoms with van der Waals surface area (Å²) in [5, 5.41) is 0.803. The number of ether oxygens (including phenoxy) is 2. The van der Waals surface area contributed by atoms with E-state index >= 15 is 0 Å². The van der Waals surface area contributed by atoms with Gasteiger partial charge in [0.15, 0.2) is 11.5 Å². The minimum Gasteiger partial charge on any atom is -0.493 e. The molecule has 0 aliphatic rings. The predicted molar refractivity (Wildman–Crippen MR) is 99.5 cm³/mol. The molecule has 0 aliphatic heterocycles. The number of hydrogen-bond donors (Lipinski definition) is 0. The van der Waals surface area contributed by atoms with E-state index in [0.29, 0.717) is 22.8 Å². The Hall–Kier alpha value is -3.28. The second-order valence-electron chi connectivity index (χ2n) is 5.67. The molecular formula is C20H19NO5. The first-order chi connectivity index (χ1) is 12.5. The van der Waals surface area contributed by atoms with Gasteiger partial charge in [0.2, 0.25) is 0 Å². The Morgan fingerprint density at radius 1 is 1.12 bits per heavy atom. The smallest absolute Gasteiger partial charge is 0.338 e. The first-order valence-electron chi connectivity index (χ1n) is 8.18. The summed E-state index contributed by atoms with van der Waals surface area (Å²) < 4.78 is 15.9. The van der Waals surface area contributed by atoms with Gasteiger partial charge in [-0.1, -0.05) is 19.1 Å². The third kappa shape index (κ3) is 3.39. The van der Waals surface area contributed by atoms with Gasteiger partial charge in [0, 0.05) is 36.7 Å². The molecule has 1 heterocycles. The van der Waals surface area contributed by atoms with Gasteiger partial charge in [-0.2, -0.15) is 0 Å². The maximum absolute atomic E-state index is 11.9. The van der Waals surface area contributed by atoms with E-state index in [0.717, 1.165) is 11.1 Å². The summed E-state index contributed by atoms with van der Waals surface area (Å²) in [4.78, 5) is 25.4. The normalized spacial score (nSPS) is 10.6. The van der Waals surface area contributed by atoms with E-state index in [1.165, 1.54) is 13.2 Å². The van der Waals surface area contributed by atoms with E-state index in [2.05, 4.69) is 0 Å². The van der Waals surface area contributed by atoms with Crippen molar-refractivity contribution in [3.05, 3.63) is 59.0 Å². The van der Waals surface area contributed by atoms with Gasteiger partial charge in [0.25, 0.3) is 0 Å². The fourth-order valence-corrected chi connectivity index (χ4v) is 2.66. The van der Waals surface area contributed by atoms with E-state index in [-0.39, 0.29) is 12.4 Å². The fourth-order valence-electron chi connectivity index (χ4n) is 2.66. The van der Waals surface area contributed by atoms with Crippen LogP contribution in [0.4, 0.5) is 11.4 Å². The molecular weight excluding hydrogens is 334 g/mol. The topological polar surface area (TPSA) is 69.0 Å². The van der Waals surface area contributed by atoms with Crippen molar-refractivity contribution in [2.45, 2.75) is 13.3 Å². The molecule has 0 fully saturated rings. The lowest BCUT2D eigenvalue weighted by Crippen LogP contribution is -2.13. The van der Waals surface area contributed by atoms with Gasteiger partial charge in [-0.3, -0.25) is 4.79 Å². The van der Waals surface area contributed by atoms with Crippen LogP contribution >= 0.6 is 0 Å². The standard InChI is InChI=1S/C20H19NO5/c1-4-19(22)26-18-11-13(9-10-17(18)24-3)21(2)15-12-20(23)25-16-8-6-5-7-14(15)16/h5-12H,4H2,1-3H3. The fraction of sp³-hybridized carbons (Fsp3) is 0.200. The lowest BCUT2D eigenvalue weighted by atomic mass is 10.1. The number of rotatable bonds is 5. The van der Waals surface area contributed by atoms with Crippen molar-refractivity contribution >= 4 is 28.3 Å². The van der Waals surface area contributed by atoms with Gasteiger partial charge in [-0.05, 0) is 24.3 Å². The molecule has 0 N–H and O–H groups in total. The minimum absolute atomic E-state index is 0.258. The minimum atomic E-state index is -0.434. The van der Waals surface area contributed by atoms with Gasteiger partial charge in [-0.15, -0.1) is 0 Å². The van der Waals surface area contributed by atoms with Crippen molar-refractivity contribution in [1.82, 2.24) is 0 Å². The highest BCUT2D eigenvalue weighted by atomic mass is 16.6. The van der Waals surface area contributed by atoms with Gasteiger partial charge in [-0.25, -0.2) is 4.79 Å². The van der Waals surface area contributed by atoms with Crippen molar-refractivity contribution in [3.63, 3.8) is 0 Å². The second kappa shape index (κ2) is 7.31. The first-order valence-corrected chi connectivity index (χ1v) is 8.18. The van der Waals surface area contributed by atoms with E-state index < -0.39 is 5.63 Å².